The molecule has 56 valence electrons. The van der Waals surface area contributed by atoms with Crippen LogP contribution in [0.1, 0.15) is 5.69 Å². The first kappa shape index (κ1) is 7.58. The molecule has 0 spiro atoms. The summed E-state index contributed by atoms with van der Waals surface area (Å²) in [6, 6.07) is 3.52. The molecule has 0 unspecified atom stereocenters. The normalized spacial score (nSPS) is 8.45. The van der Waals surface area contributed by atoms with E-state index in [1.54, 1.807) is 18.3 Å². The van der Waals surface area contributed by atoms with Crippen molar-refractivity contribution < 1.29 is 0 Å². The maximum atomic E-state index is 5.56. The summed E-state index contributed by atoms with van der Waals surface area (Å²) in [5, 5.41) is 0. The standard InChI is InChI=1S/C8H9N3/c9-5-1-4-8-7(10)3-2-6-11-8/h2-3,6H,5,9-10H2. The summed E-state index contributed by atoms with van der Waals surface area (Å²) in [4.78, 5) is 3.96. The van der Waals surface area contributed by atoms with Gasteiger partial charge in [-0.2, -0.15) is 0 Å². The van der Waals surface area contributed by atoms with E-state index in [1.165, 1.54) is 0 Å². The molecule has 0 fully saturated rings. The maximum absolute atomic E-state index is 5.56. The van der Waals surface area contributed by atoms with Crippen LogP contribution in [0, 0.1) is 11.8 Å². The molecule has 3 heteroatoms. The average molecular weight is 147 g/mol. The van der Waals surface area contributed by atoms with Crippen LogP contribution in [0.15, 0.2) is 18.3 Å². The van der Waals surface area contributed by atoms with E-state index in [4.69, 9.17) is 11.5 Å². The Kier molecular flexibility index (Phi) is 2.47. The second kappa shape index (κ2) is 3.59. The van der Waals surface area contributed by atoms with Crippen LogP contribution in [0.5, 0.6) is 0 Å². The Balaban J connectivity index is 2.95. The third kappa shape index (κ3) is 1.95. The van der Waals surface area contributed by atoms with Gasteiger partial charge in [-0.15, -0.1) is 0 Å². The number of pyridine rings is 1. The maximum Gasteiger partial charge on any atom is 0.136 e. The Morgan fingerprint density at radius 1 is 1.55 bits per heavy atom. The van der Waals surface area contributed by atoms with Crippen LogP contribution >= 0.6 is 0 Å². The first-order valence-corrected chi connectivity index (χ1v) is 3.24. The molecule has 0 aliphatic heterocycles. The molecule has 0 aromatic carbocycles. The van der Waals surface area contributed by atoms with Gasteiger partial charge in [0, 0.05) is 6.20 Å². The predicted octanol–water partition coefficient (Wildman–Crippen LogP) is -0.0260. The molecule has 0 amide bonds. The monoisotopic (exact) mass is 147 g/mol. The molecule has 0 atom stereocenters. The fourth-order valence-corrected chi connectivity index (χ4v) is 0.657. The Morgan fingerprint density at radius 3 is 3.00 bits per heavy atom. The Hall–Kier alpha value is -1.53. The van der Waals surface area contributed by atoms with E-state index >= 15 is 0 Å². The van der Waals surface area contributed by atoms with Gasteiger partial charge in [0.15, 0.2) is 0 Å². The second-order valence-corrected chi connectivity index (χ2v) is 1.95. The molecule has 0 bridgehead atoms. The molecular weight excluding hydrogens is 138 g/mol. The molecule has 0 radical (unpaired) electrons. The fraction of sp³-hybridized carbons (Fsp3) is 0.125. The van der Waals surface area contributed by atoms with Crippen molar-refractivity contribution in [2.24, 2.45) is 5.73 Å². The van der Waals surface area contributed by atoms with Crippen LogP contribution in [-0.2, 0) is 0 Å². The van der Waals surface area contributed by atoms with Crippen molar-refractivity contribution in [2.75, 3.05) is 12.3 Å². The number of nitrogen functional groups attached to an aromatic ring is 1. The highest BCUT2D eigenvalue weighted by Gasteiger charge is 1.91. The lowest BCUT2D eigenvalue weighted by Gasteiger charge is -1.92. The largest absolute Gasteiger partial charge is 0.396 e. The van der Waals surface area contributed by atoms with Crippen LogP contribution in [0.25, 0.3) is 0 Å². The summed E-state index contributed by atoms with van der Waals surface area (Å²) < 4.78 is 0. The highest BCUT2D eigenvalue weighted by molar-refractivity contribution is 5.50. The Bertz CT molecular complexity index is 296. The summed E-state index contributed by atoms with van der Waals surface area (Å²) >= 11 is 0. The number of aromatic nitrogens is 1. The molecule has 1 aromatic heterocycles. The van der Waals surface area contributed by atoms with Crippen molar-refractivity contribution in [2.45, 2.75) is 0 Å². The number of anilines is 1. The zero-order valence-electron chi connectivity index (χ0n) is 6.04. The van der Waals surface area contributed by atoms with Gasteiger partial charge in [0.05, 0.1) is 12.2 Å². The molecule has 11 heavy (non-hydrogen) atoms. The lowest BCUT2D eigenvalue weighted by molar-refractivity contribution is 1.27. The first-order chi connectivity index (χ1) is 5.34. The van der Waals surface area contributed by atoms with E-state index in [9.17, 15) is 0 Å². The van der Waals surface area contributed by atoms with Gasteiger partial charge in [-0.3, -0.25) is 0 Å². The molecule has 0 aliphatic carbocycles. The number of nitrogens with two attached hydrogens (primary N) is 2. The smallest absolute Gasteiger partial charge is 0.136 e. The molecule has 3 nitrogen and oxygen atoms in total. The first-order valence-electron chi connectivity index (χ1n) is 3.24. The van der Waals surface area contributed by atoms with Crippen LogP contribution in [0.3, 0.4) is 0 Å². The molecule has 1 aromatic rings. The summed E-state index contributed by atoms with van der Waals surface area (Å²) in [5.41, 5.74) is 11.9. The third-order valence-corrected chi connectivity index (χ3v) is 1.15. The summed E-state index contributed by atoms with van der Waals surface area (Å²) in [7, 11) is 0. The number of rotatable bonds is 0. The van der Waals surface area contributed by atoms with Gasteiger partial charge in [0.1, 0.15) is 5.69 Å². The predicted molar refractivity (Wildman–Crippen MR) is 44.6 cm³/mol. The van der Waals surface area contributed by atoms with E-state index in [2.05, 4.69) is 16.8 Å². The van der Waals surface area contributed by atoms with Crippen molar-refractivity contribution in [1.82, 2.24) is 4.98 Å². The minimum Gasteiger partial charge on any atom is -0.396 e. The van der Waals surface area contributed by atoms with E-state index in [-0.39, 0.29) is 0 Å². The topological polar surface area (TPSA) is 64.9 Å². The van der Waals surface area contributed by atoms with E-state index < -0.39 is 0 Å². The number of hydrogen-bond acceptors (Lipinski definition) is 3. The zero-order valence-corrected chi connectivity index (χ0v) is 6.04. The van der Waals surface area contributed by atoms with E-state index in [0.717, 1.165) is 0 Å². The molecule has 0 aliphatic rings. The second-order valence-electron chi connectivity index (χ2n) is 1.95. The van der Waals surface area contributed by atoms with Crippen LogP contribution in [0.2, 0.25) is 0 Å². The van der Waals surface area contributed by atoms with Gasteiger partial charge >= 0.3 is 0 Å². The SMILES string of the molecule is NCC#Cc1ncccc1N. The van der Waals surface area contributed by atoms with Crippen LogP contribution < -0.4 is 11.5 Å². The molecule has 0 saturated carbocycles. The Morgan fingerprint density at radius 2 is 2.36 bits per heavy atom. The summed E-state index contributed by atoms with van der Waals surface area (Å²) in [5.74, 6) is 5.44. The van der Waals surface area contributed by atoms with Crippen molar-refractivity contribution in [3.63, 3.8) is 0 Å². The van der Waals surface area contributed by atoms with Crippen molar-refractivity contribution in [3.8, 4) is 11.8 Å². The van der Waals surface area contributed by atoms with Gasteiger partial charge in [-0.1, -0.05) is 5.92 Å². The average Bonchev–Trinajstić information content (AvgIpc) is 2.03. The lowest BCUT2D eigenvalue weighted by Crippen LogP contribution is -1.95. The summed E-state index contributed by atoms with van der Waals surface area (Å²) in [6.45, 7) is 0.329. The summed E-state index contributed by atoms with van der Waals surface area (Å²) in [6.07, 6.45) is 1.65. The molecule has 1 heterocycles. The van der Waals surface area contributed by atoms with Gasteiger partial charge < -0.3 is 11.5 Å². The van der Waals surface area contributed by atoms with Gasteiger partial charge in [-0.05, 0) is 18.1 Å². The molecule has 0 saturated heterocycles. The van der Waals surface area contributed by atoms with Crippen molar-refractivity contribution >= 4 is 5.69 Å². The minimum atomic E-state index is 0.329. The van der Waals surface area contributed by atoms with Crippen LogP contribution in [-0.4, -0.2) is 11.5 Å². The lowest BCUT2D eigenvalue weighted by atomic mass is 10.3. The number of hydrogen-bond donors (Lipinski definition) is 2. The minimum absolute atomic E-state index is 0.329. The number of nitrogens with zero attached hydrogens (tertiary/aromatic N) is 1. The molecule has 1 rings (SSSR count). The quantitative estimate of drug-likeness (QED) is 0.506. The molecular formula is C8H9N3. The van der Waals surface area contributed by atoms with Crippen molar-refractivity contribution in [1.29, 1.82) is 0 Å². The van der Waals surface area contributed by atoms with Gasteiger partial charge in [0.25, 0.3) is 0 Å². The highest BCUT2D eigenvalue weighted by atomic mass is 14.7. The Labute approximate surface area is 65.4 Å². The highest BCUT2D eigenvalue weighted by Crippen LogP contribution is 2.03. The van der Waals surface area contributed by atoms with E-state index in [1.807, 2.05) is 0 Å². The molecule has 4 N–H and O–H groups in total. The third-order valence-electron chi connectivity index (χ3n) is 1.15. The zero-order chi connectivity index (χ0) is 8.10. The van der Waals surface area contributed by atoms with E-state index in [0.29, 0.717) is 17.9 Å². The van der Waals surface area contributed by atoms with Crippen LogP contribution in [0.4, 0.5) is 5.69 Å². The van der Waals surface area contributed by atoms with Crippen molar-refractivity contribution in [3.05, 3.63) is 24.0 Å². The van der Waals surface area contributed by atoms with Gasteiger partial charge in [0.2, 0.25) is 0 Å². The fourth-order valence-electron chi connectivity index (χ4n) is 0.657. The van der Waals surface area contributed by atoms with Gasteiger partial charge in [-0.25, -0.2) is 4.98 Å².